The molecular weight excluding hydrogens is 278 g/mol. The highest BCUT2D eigenvalue weighted by molar-refractivity contribution is 7.88. The lowest BCUT2D eigenvalue weighted by Gasteiger charge is -2.29. The van der Waals surface area contributed by atoms with Crippen LogP contribution in [0.5, 0.6) is 0 Å². The Morgan fingerprint density at radius 3 is 2.40 bits per heavy atom. The van der Waals surface area contributed by atoms with E-state index in [9.17, 15) is 13.2 Å². The molecule has 112 valence electrons. The summed E-state index contributed by atoms with van der Waals surface area (Å²) < 4.78 is 26.2. The minimum atomic E-state index is -3.12. The molecule has 6 nitrogen and oxygen atoms in total. The van der Waals surface area contributed by atoms with Gasteiger partial charge in [-0.1, -0.05) is 0 Å². The summed E-state index contributed by atoms with van der Waals surface area (Å²) in [4.78, 5) is 12.0. The molecule has 0 bridgehead atoms. The molecule has 1 N–H and O–H groups in total. The third kappa shape index (κ3) is 4.08. The van der Waals surface area contributed by atoms with Gasteiger partial charge in [-0.3, -0.25) is 4.79 Å². The fourth-order valence-electron chi connectivity index (χ4n) is 2.42. The summed E-state index contributed by atoms with van der Waals surface area (Å²) in [7, 11) is -3.12. The SMILES string of the molecule is CS(=O)(=O)N1CCC(C(=O)NCCn2cccc2)CC1. The first-order chi connectivity index (χ1) is 9.47. The van der Waals surface area contributed by atoms with E-state index in [1.54, 1.807) is 0 Å². The number of amides is 1. The zero-order chi connectivity index (χ0) is 14.6. The van der Waals surface area contributed by atoms with Crippen LogP contribution < -0.4 is 5.32 Å². The van der Waals surface area contributed by atoms with E-state index in [0.29, 0.717) is 32.5 Å². The van der Waals surface area contributed by atoms with Gasteiger partial charge in [-0.25, -0.2) is 12.7 Å². The molecule has 20 heavy (non-hydrogen) atoms. The van der Waals surface area contributed by atoms with Crippen molar-refractivity contribution in [1.29, 1.82) is 0 Å². The van der Waals surface area contributed by atoms with Crippen molar-refractivity contribution in [3.05, 3.63) is 24.5 Å². The van der Waals surface area contributed by atoms with Crippen molar-refractivity contribution < 1.29 is 13.2 Å². The van der Waals surface area contributed by atoms with Crippen molar-refractivity contribution in [3.8, 4) is 0 Å². The van der Waals surface area contributed by atoms with Crippen LogP contribution in [0.3, 0.4) is 0 Å². The van der Waals surface area contributed by atoms with Crippen LogP contribution in [0.25, 0.3) is 0 Å². The van der Waals surface area contributed by atoms with E-state index in [-0.39, 0.29) is 11.8 Å². The molecule has 1 fully saturated rings. The van der Waals surface area contributed by atoms with Crippen molar-refractivity contribution in [2.45, 2.75) is 19.4 Å². The number of aromatic nitrogens is 1. The van der Waals surface area contributed by atoms with Gasteiger partial charge in [0.15, 0.2) is 0 Å². The Hall–Kier alpha value is -1.34. The van der Waals surface area contributed by atoms with Crippen molar-refractivity contribution in [2.75, 3.05) is 25.9 Å². The lowest BCUT2D eigenvalue weighted by Crippen LogP contribution is -2.43. The topological polar surface area (TPSA) is 71.4 Å². The van der Waals surface area contributed by atoms with E-state index < -0.39 is 10.0 Å². The van der Waals surface area contributed by atoms with Crippen LogP contribution in [-0.4, -0.2) is 49.1 Å². The van der Waals surface area contributed by atoms with Crippen molar-refractivity contribution >= 4 is 15.9 Å². The first-order valence-electron chi connectivity index (χ1n) is 6.80. The highest BCUT2D eigenvalue weighted by Gasteiger charge is 2.28. The monoisotopic (exact) mass is 299 g/mol. The lowest BCUT2D eigenvalue weighted by atomic mass is 9.97. The maximum absolute atomic E-state index is 12.0. The third-order valence-electron chi connectivity index (χ3n) is 3.63. The Labute approximate surface area is 119 Å². The molecule has 1 aliphatic heterocycles. The number of nitrogens with one attached hydrogen (secondary N) is 1. The Kier molecular flexibility index (Phi) is 4.82. The summed E-state index contributed by atoms with van der Waals surface area (Å²) in [6.45, 7) is 2.23. The molecule has 1 amide bonds. The smallest absolute Gasteiger partial charge is 0.223 e. The van der Waals surface area contributed by atoms with Crippen molar-refractivity contribution in [2.24, 2.45) is 5.92 Å². The average molecular weight is 299 g/mol. The van der Waals surface area contributed by atoms with Crippen molar-refractivity contribution in [1.82, 2.24) is 14.2 Å². The Bertz CT molecular complexity index is 531. The molecule has 1 aromatic rings. The highest BCUT2D eigenvalue weighted by Crippen LogP contribution is 2.19. The molecular formula is C13H21N3O3S. The van der Waals surface area contributed by atoms with Gasteiger partial charge < -0.3 is 9.88 Å². The van der Waals surface area contributed by atoms with Gasteiger partial charge in [0, 0.05) is 44.5 Å². The number of rotatable bonds is 5. The van der Waals surface area contributed by atoms with Crippen LogP contribution in [0.4, 0.5) is 0 Å². The molecule has 0 saturated carbocycles. The first-order valence-corrected chi connectivity index (χ1v) is 8.65. The summed E-state index contributed by atoms with van der Waals surface area (Å²) in [5.41, 5.74) is 0. The maximum Gasteiger partial charge on any atom is 0.223 e. The van der Waals surface area contributed by atoms with Crippen LogP contribution in [0.1, 0.15) is 12.8 Å². The van der Waals surface area contributed by atoms with E-state index in [1.165, 1.54) is 10.6 Å². The summed E-state index contributed by atoms with van der Waals surface area (Å²) >= 11 is 0. The zero-order valence-corrected chi connectivity index (χ0v) is 12.5. The van der Waals surface area contributed by atoms with Crippen LogP contribution in [0.15, 0.2) is 24.5 Å². The van der Waals surface area contributed by atoms with Gasteiger partial charge in [0.1, 0.15) is 0 Å². The quantitative estimate of drug-likeness (QED) is 0.848. The largest absolute Gasteiger partial charge is 0.354 e. The third-order valence-corrected chi connectivity index (χ3v) is 4.93. The summed E-state index contributed by atoms with van der Waals surface area (Å²) in [5.74, 6) is -0.0389. The van der Waals surface area contributed by atoms with Crippen molar-refractivity contribution in [3.63, 3.8) is 0 Å². The number of carbonyl (C=O) groups is 1. The number of piperidine rings is 1. The average Bonchev–Trinajstić information content (AvgIpc) is 2.91. The van der Waals surface area contributed by atoms with Gasteiger partial charge in [0.05, 0.1) is 6.26 Å². The van der Waals surface area contributed by atoms with E-state index >= 15 is 0 Å². The Morgan fingerprint density at radius 1 is 1.25 bits per heavy atom. The van der Waals surface area contributed by atoms with Crippen LogP contribution in [0.2, 0.25) is 0 Å². The predicted octanol–water partition coefficient (Wildman–Crippen LogP) is 0.276. The minimum Gasteiger partial charge on any atom is -0.354 e. The van der Waals surface area contributed by atoms with Gasteiger partial charge >= 0.3 is 0 Å². The molecule has 1 aliphatic rings. The van der Waals surface area contributed by atoms with Gasteiger partial charge in [0.2, 0.25) is 15.9 Å². The molecule has 0 aromatic carbocycles. The number of hydrogen-bond donors (Lipinski definition) is 1. The highest BCUT2D eigenvalue weighted by atomic mass is 32.2. The Morgan fingerprint density at radius 2 is 1.85 bits per heavy atom. The molecule has 2 heterocycles. The molecule has 0 aliphatic carbocycles. The molecule has 0 radical (unpaired) electrons. The maximum atomic E-state index is 12.0. The molecule has 0 atom stereocenters. The fraction of sp³-hybridized carbons (Fsp3) is 0.615. The van der Waals surface area contributed by atoms with Gasteiger partial charge in [-0.2, -0.15) is 0 Å². The Balaban J connectivity index is 1.72. The second kappa shape index (κ2) is 6.41. The van der Waals surface area contributed by atoms with Gasteiger partial charge in [-0.15, -0.1) is 0 Å². The summed E-state index contributed by atoms with van der Waals surface area (Å²) in [6.07, 6.45) is 6.32. The van der Waals surface area contributed by atoms with Crippen LogP contribution in [-0.2, 0) is 21.4 Å². The van der Waals surface area contributed by atoms with Gasteiger partial charge in [-0.05, 0) is 25.0 Å². The molecule has 0 spiro atoms. The molecule has 2 rings (SSSR count). The normalized spacial score (nSPS) is 18.1. The van der Waals surface area contributed by atoms with E-state index in [2.05, 4.69) is 5.32 Å². The number of carbonyl (C=O) groups excluding carboxylic acids is 1. The van der Waals surface area contributed by atoms with Gasteiger partial charge in [0.25, 0.3) is 0 Å². The molecule has 0 unspecified atom stereocenters. The number of hydrogen-bond acceptors (Lipinski definition) is 3. The van der Waals surface area contributed by atoms with Crippen LogP contribution in [0, 0.1) is 5.92 Å². The van der Waals surface area contributed by atoms with E-state index in [0.717, 1.165) is 6.54 Å². The minimum absolute atomic E-state index is 0.0327. The predicted molar refractivity (Wildman–Crippen MR) is 76.6 cm³/mol. The van der Waals surface area contributed by atoms with E-state index in [4.69, 9.17) is 0 Å². The summed E-state index contributed by atoms with van der Waals surface area (Å²) in [6, 6.07) is 3.89. The van der Waals surface area contributed by atoms with Crippen LogP contribution >= 0.6 is 0 Å². The lowest BCUT2D eigenvalue weighted by molar-refractivity contribution is -0.126. The number of nitrogens with zero attached hydrogens (tertiary/aromatic N) is 2. The second-order valence-corrected chi connectivity index (χ2v) is 7.13. The van der Waals surface area contributed by atoms with E-state index in [1.807, 2.05) is 29.1 Å². The molecule has 1 saturated heterocycles. The standard InChI is InChI=1S/C13H21N3O3S/c1-20(18,19)16-9-4-12(5-10-16)13(17)14-6-11-15-7-2-3-8-15/h2-3,7-8,12H,4-6,9-11H2,1H3,(H,14,17). The molecule has 1 aromatic heterocycles. The zero-order valence-electron chi connectivity index (χ0n) is 11.7. The second-order valence-electron chi connectivity index (χ2n) is 5.15. The number of sulfonamides is 1. The first kappa shape index (κ1) is 15.1. The molecule has 7 heteroatoms. The summed E-state index contributed by atoms with van der Waals surface area (Å²) in [5, 5.41) is 2.92. The fourth-order valence-corrected chi connectivity index (χ4v) is 3.30.